The number of halogens is 4. The molecule has 0 bridgehead atoms. The Morgan fingerprint density at radius 2 is 1.32 bits per heavy atom. The molecule has 0 heterocycles. The Hall–Kier alpha value is -3.22. The molecule has 0 saturated heterocycles. The zero-order chi connectivity index (χ0) is 24.2. The zero-order valence-electron chi connectivity index (χ0n) is 19.0. The van der Waals surface area contributed by atoms with Gasteiger partial charge in [0, 0.05) is 5.56 Å². The van der Waals surface area contributed by atoms with Crippen LogP contribution in [0.1, 0.15) is 37.2 Å². The highest BCUT2D eigenvalue weighted by atomic mass is 19.2. The van der Waals surface area contributed by atoms with Gasteiger partial charge in [-0.05, 0) is 79.0 Å². The number of rotatable bonds is 7. The van der Waals surface area contributed by atoms with E-state index in [-0.39, 0.29) is 35.5 Å². The van der Waals surface area contributed by atoms with E-state index in [2.05, 4.69) is 0 Å². The average Bonchev–Trinajstić information content (AvgIpc) is 2.87. The van der Waals surface area contributed by atoms with Crippen LogP contribution in [0.15, 0.2) is 48.5 Å². The minimum absolute atomic E-state index is 0.102. The van der Waals surface area contributed by atoms with Crippen molar-refractivity contribution < 1.29 is 31.8 Å². The molecule has 34 heavy (non-hydrogen) atoms. The molecule has 4 rings (SSSR count). The van der Waals surface area contributed by atoms with Gasteiger partial charge in [-0.1, -0.05) is 18.2 Å². The molecule has 3 aromatic carbocycles. The van der Waals surface area contributed by atoms with Gasteiger partial charge in [0.1, 0.15) is 5.75 Å². The molecule has 1 aliphatic carbocycles. The lowest BCUT2D eigenvalue weighted by atomic mass is 9.79. The molecular weight excluding hydrogens is 448 g/mol. The predicted octanol–water partition coefficient (Wildman–Crippen LogP) is 7.28. The second-order valence-electron chi connectivity index (χ2n) is 8.48. The first-order valence-corrected chi connectivity index (χ1v) is 11.2. The fourth-order valence-corrected chi connectivity index (χ4v) is 4.50. The van der Waals surface area contributed by atoms with E-state index in [4.69, 9.17) is 14.2 Å². The highest BCUT2D eigenvalue weighted by Crippen LogP contribution is 2.39. The summed E-state index contributed by atoms with van der Waals surface area (Å²) in [5.41, 5.74) is 1.02. The minimum atomic E-state index is -1.03. The molecule has 0 aromatic heterocycles. The van der Waals surface area contributed by atoms with Crippen LogP contribution in [0.2, 0.25) is 0 Å². The lowest BCUT2D eigenvalue weighted by molar-refractivity contribution is 0.191. The third-order valence-corrected chi connectivity index (χ3v) is 6.51. The maximum atomic E-state index is 14.7. The molecule has 3 aromatic rings. The van der Waals surface area contributed by atoms with Crippen LogP contribution in [0.5, 0.6) is 17.2 Å². The lowest BCUT2D eigenvalue weighted by Crippen LogP contribution is -2.20. The highest BCUT2D eigenvalue weighted by molar-refractivity contribution is 5.66. The van der Waals surface area contributed by atoms with E-state index in [1.807, 2.05) is 0 Å². The summed E-state index contributed by atoms with van der Waals surface area (Å²) in [5, 5.41) is 0. The summed E-state index contributed by atoms with van der Waals surface area (Å²) < 4.78 is 73.4. The molecule has 180 valence electrons. The molecule has 0 amide bonds. The van der Waals surface area contributed by atoms with E-state index in [9.17, 15) is 17.6 Å². The summed E-state index contributed by atoms with van der Waals surface area (Å²) in [6, 6.07) is 12.6. The van der Waals surface area contributed by atoms with Gasteiger partial charge in [0.15, 0.2) is 23.1 Å². The maximum absolute atomic E-state index is 14.7. The van der Waals surface area contributed by atoms with Crippen LogP contribution in [0.3, 0.4) is 0 Å². The maximum Gasteiger partial charge on any atom is 0.201 e. The number of methoxy groups -OCH3 is 2. The first kappa shape index (κ1) is 23.9. The van der Waals surface area contributed by atoms with Crippen molar-refractivity contribution >= 4 is 0 Å². The Balaban J connectivity index is 1.36. The fourth-order valence-electron chi connectivity index (χ4n) is 4.50. The molecule has 1 aliphatic rings. The van der Waals surface area contributed by atoms with Crippen LogP contribution in [-0.4, -0.2) is 20.8 Å². The van der Waals surface area contributed by atoms with Gasteiger partial charge >= 0.3 is 0 Å². The highest BCUT2D eigenvalue weighted by Gasteiger charge is 2.27. The molecule has 0 spiro atoms. The van der Waals surface area contributed by atoms with Gasteiger partial charge in [-0.25, -0.2) is 8.78 Å². The number of hydrogen-bond donors (Lipinski definition) is 0. The second-order valence-corrected chi connectivity index (χ2v) is 8.48. The zero-order valence-corrected chi connectivity index (χ0v) is 19.0. The molecule has 3 nitrogen and oxygen atoms in total. The summed E-state index contributed by atoms with van der Waals surface area (Å²) in [7, 11) is 2.83. The van der Waals surface area contributed by atoms with Gasteiger partial charge in [-0.3, -0.25) is 0 Å². The van der Waals surface area contributed by atoms with E-state index in [1.54, 1.807) is 30.3 Å². The van der Waals surface area contributed by atoms with Gasteiger partial charge in [0.2, 0.25) is 11.6 Å². The Morgan fingerprint density at radius 3 is 1.97 bits per heavy atom. The third-order valence-electron chi connectivity index (χ3n) is 6.51. The quantitative estimate of drug-likeness (QED) is 0.337. The van der Waals surface area contributed by atoms with Crippen LogP contribution in [-0.2, 0) is 0 Å². The first-order chi connectivity index (χ1) is 16.4. The molecule has 1 fully saturated rings. The van der Waals surface area contributed by atoms with Gasteiger partial charge in [-0.15, -0.1) is 0 Å². The van der Waals surface area contributed by atoms with Crippen LogP contribution in [0.25, 0.3) is 11.1 Å². The van der Waals surface area contributed by atoms with Gasteiger partial charge in [0.25, 0.3) is 0 Å². The molecule has 0 unspecified atom stereocenters. The van der Waals surface area contributed by atoms with E-state index >= 15 is 0 Å². The van der Waals surface area contributed by atoms with Crippen molar-refractivity contribution in [2.75, 3.05) is 20.8 Å². The summed E-state index contributed by atoms with van der Waals surface area (Å²) in [5.74, 6) is -3.45. The standard InChI is InChI=1S/C27H26F4O3/c1-32-19-9-7-18(8-10-19)21-12-14-23(27(31)25(21)29)34-15-16-3-5-17(6-4-16)20-11-13-22(33-2)26(30)24(20)28/h7-14,16-17H,3-6,15H2,1-2H3. The predicted molar refractivity (Wildman–Crippen MR) is 121 cm³/mol. The van der Waals surface area contributed by atoms with E-state index in [1.165, 1.54) is 32.4 Å². The van der Waals surface area contributed by atoms with Gasteiger partial charge < -0.3 is 14.2 Å². The average molecular weight is 474 g/mol. The molecule has 7 heteroatoms. The lowest BCUT2D eigenvalue weighted by Gasteiger charge is -2.29. The van der Waals surface area contributed by atoms with E-state index in [0.717, 1.165) is 0 Å². The van der Waals surface area contributed by atoms with Crippen molar-refractivity contribution in [3.8, 4) is 28.4 Å². The third kappa shape index (κ3) is 4.83. The molecule has 0 aliphatic heterocycles. The number of hydrogen-bond acceptors (Lipinski definition) is 3. The summed E-state index contributed by atoms with van der Waals surface area (Å²) >= 11 is 0. The number of ether oxygens (including phenoxy) is 3. The van der Waals surface area contributed by atoms with Crippen LogP contribution in [0, 0.1) is 29.2 Å². The largest absolute Gasteiger partial charge is 0.497 e. The van der Waals surface area contributed by atoms with Crippen molar-refractivity contribution in [3.05, 3.63) is 77.4 Å². The SMILES string of the molecule is COc1ccc(-c2ccc(OCC3CCC(c4ccc(OC)c(F)c4F)CC3)c(F)c2F)cc1. The van der Waals surface area contributed by atoms with Crippen molar-refractivity contribution in [1.29, 1.82) is 0 Å². The molecule has 0 N–H and O–H groups in total. The normalized spacial score (nSPS) is 17.9. The Labute approximate surface area is 196 Å². The number of benzene rings is 3. The summed E-state index contributed by atoms with van der Waals surface area (Å²) in [4.78, 5) is 0. The van der Waals surface area contributed by atoms with Crippen molar-refractivity contribution in [2.45, 2.75) is 31.6 Å². The topological polar surface area (TPSA) is 27.7 Å². The smallest absolute Gasteiger partial charge is 0.201 e. The molecule has 1 saturated carbocycles. The molecular formula is C27H26F4O3. The summed E-state index contributed by atoms with van der Waals surface area (Å²) in [6.07, 6.45) is 2.74. The Morgan fingerprint density at radius 1 is 0.676 bits per heavy atom. The van der Waals surface area contributed by atoms with Crippen LogP contribution >= 0.6 is 0 Å². The monoisotopic (exact) mass is 474 g/mol. The first-order valence-electron chi connectivity index (χ1n) is 11.2. The molecule has 0 atom stereocenters. The van der Waals surface area contributed by atoms with Crippen molar-refractivity contribution in [3.63, 3.8) is 0 Å². The van der Waals surface area contributed by atoms with E-state index in [0.29, 0.717) is 42.6 Å². The second kappa shape index (κ2) is 10.4. The Kier molecular flexibility index (Phi) is 7.29. The van der Waals surface area contributed by atoms with E-state index < -0.39 is 23.3 Å². The fraction of sp³-hybridized carbons (Fsp3) is 0.333. The van der Waals surface area contributed by atoms with Crippen LogP contribution in [0.4, 0.5) is 17.6 Å². The van der Waals surface area contributed by atoms with Gasteiger partial charge in [-0.2, -0.15) is 8.78 Å². The minimum Gasteiger partial charge on any atom is -0.497 e. The van der Waals surface area contributed by atoms with Crippen LogP contribution < -0.4 is 14.2 Å². The Bertz CT molecular complexity index is 1140. The van der Waals surface area contributed by atoms with Crippen molar-refractivity contribution in [2.24, 2.45) is 5.92 Å². The van der Waals surface area contributed by atoms with Gasteiger partial charge in [0.05, 0.1) is 20.8 Å². The molecule has 0 radical (unpaired) electrons. The van der Waals surface area contributed by atoms with Crippen molar-refractivity contribution in [1.82, 2.24) is 0 Å². The summed E-state index contributed by atoms with van der Waals surface area (Å²) in [6.45, 7) is 0.227.